The van der Waals surface area contributed by atoms with Crippen LogP contribution in [-0.4, -0.2) is 23.7 Å². The van der Waals surface area contributed by atoms with Crippen LogP contribution in [0.2, 0.25) is 10.0 Å². The number of fused-ring (bicyclic) bond motifs is 1. The third-order valence-corrected chi connectivity index (χ3v) is 7.09. The van der Waals surface area contributed by atoms with Gasteiger partial charge < -0.3 is 15.2 Å². The first-order valence-electron chi connectivity index (χ1n) is 11.8. The third-order valence-electron chi connectivity index (χ3n) is 6.46. The highest BCUT2D eigenvalue weighted by Gasteiger charge is 2.34. The minimum Gasteiger partial charge on any atom is -0.485 e. The van der Waals surface area contributed by atoms with Gasteiger partial charge in [0.2, 0.25) is 5.88 Å². The van der Waals surface area contributed by atoms with E-state index < -0.39 is 0 Å². The SMILES string of the molecule is NC(=C(COc1ccc(C2CCc3cc(C=O)ccc3O2)cn1)C(=O)C1CC1)c1c(Cl)cccc1Cl. The number of rotatable bonds is 8. The minimum atomic E-state index is -0.147. The third kappa shape index (κ3) is 5.11. The molecule has 2 aliphatic rings. The second kappa shape index (κ2) is 10.3. The maximum Gasteiger partial charge on any atom is 0.213 e. The van der Waals surface area contributed by atoms with E-state index in [1.165, 1.54) is 0 Å². The monoisotopic (exact) mass is 522 g/mol. The number of pyridine rings is 1. The summed E-state index contributed by atoms with van der Waals surface area (Å²) in [5.74, 6) is 1.05. The van der Waals surface area contributed by atoms with E-state index in [-0.39, 0.29) is 30.1 Å². The minimum absolute atomic E-state index is 0.0402. The van der Waals surface area contributed by atoms with E-state index in [2.05, 4.69) is 4.98 Å². The van der Waals surface area contributed by atoms with Crippen molar-refractivity contribution in [2.75, 3.05) is 6.61 Å². The Morgan fingerprint density at radius 2 is 1.89 bits per heavy atom. The Labute approximate surface area is 219 Å². The molecule has 0 spiro atoms. The van der Waals surface area contributed by atoms with Gasteiger partial charge in [0.25, 0.3) is 0 Å². The van der Waals surface area contributed by atoms with Crippen LogP contribution >= 0.6 is 23.2 Å². The van der Waals surface area contributed by atoms with Gasteiger partial charge in [0.15, 0.2) is 5.78 Å². The number of hydrogen-bond donors (Lipinski definition) is 1. The summed E-state index contributed by atoms with van der Waals surface area (Å²) in [5.41, 5.74) is 10.0. The van der Waals surface area contributed by atoms with Crippen molar-refractivity contribution in [3.05, 3.63) is 92.6 Å². The number of ether oxygens (including phenoxy) is 2. The second-order valence-electron chi connectivity index (χ2n) is 8.98. The molecule has 36 heavy (non-hydrogen) atoms. The molecule has 0 bridgehead atoms. The maximum absolute atomic E-state index is 13.0. The van der Waals surface area contributed by atoms with Crippen LogP contribution < -0.4 is 15.2 Å². The van der Waals surface area contributed by atoms with Crippen molar-refractivity contribution in [3.8, 4) is 11.6 Å². The molecular weight excluding hydrogens is 499 g/mol. The molecule has 1 saturated carbocycles. The number of ketones is 1. The van der Waals surface area contributed by atoms with Gasteiger partial charge in [-0.05, 0) is 67.6 Å². The number of benzene rings is 2. The van der Waals surface area contributed by atoms with Crippen molar-refractivity contribution in [2.45, 2.75) is 31.8 Å². The Kier molecular flexibility index (Phi) is 6.99. The topological polar surface area (TPSA) is 91.5 Å². The number of carbonyl (C=O) groups excluding carboxylic acids is 2. The predicted molar refractivity (Wildman–Crippen MR) is 139 cm³/mol. The molecule has 1 aliphatic carbocycles. The van der Waals surface area contributed by atoms with E-state index in [1.54, 1.807) is 36.5 Å². The van der Waals surface area contributed by atoms with E-state index in [1.807, 2.05) is 18.2 Å². The summed E-state index contributed by atoms with van der Waals surface area (Å²) in [5, 5.41) is 0.750. The molecule has 0 radical (unpaired) electrons. The number of nitrogens with two attached hydrogens (primary N) is 1. The van der Waals surface area contributed by atoms with Crippen LogP contribution in [0, 0.1) is 5.92 Å². The summed E-state index contributed by atoms with van der Waals surface area (Å²) in [4.78, 5) is 28.4. The fraction of sp³-hybridized carbons (Fsp3) is 0.250. The molecule has 2 aromatic carbocycles. The van der Waals surface area contributed by atoms with Crippen LogP contribution in [0.15, 0.2) is 60.3 Å². The van der Waals surface area contributed by atoms with Crippen molar-refractivity contribution >= 4 is 41.0 Å². The highest BCUT2D eigenvalue weighted by atomic mass is 35.5. The van der Waals surface area contributed by atoms with Crippen LogP contribution in [0.25, 0.3) is 5.70 Å². The zero-order valence-electron chi connectivity index (χ0n) is 19.4. The first-order valence-corrected chi connectivity index (χ1v) is 12.5. The largest absolute Gasteiger partial charge is 0.485 e. The molecule has 5 rings (SSSR count). The van der Waals surface area contributed by atoms with Crippen molar-refractivity contribution in [3.63, 3.8) is 0 Å². The highest BCUT2D eigenvalue weighted by molar-refractivity contribution is 6.37. The van der Waals surface area contributed by atoms with Gasteiger partial charge in [-0.2, -0.15) is 0 Å². The molecule has 6 nitrogen and oxygen atoms in total. The van der Waals surface area contributed by atoms with Crippen molar-refractivity contribution in [1.82, 2.24) is 4.98 Å². The average Bonchev–Trinajstić information content (AvgIpc) is 3.74. The molecule has 2 heterocycles. The number of carbonyl (C=O) groups is 2. The Bertz CT molecular complexity index is 1330. The van der Waals surface area contributed by atoms with E-state index in [0.717, 1.165) is 48.8 Å². The molecule has 2 N–H and O–H groups in total. The summed E-state index contributed by atoms with van der Waals surface area (Å²) < 4.78 is 12.0. The number of aromatic nitrogens is 1. The normalized spacial score (nSPS) is 17.4. The summed E-state index contributed by atoms with van der Waals surface area (Å²) in [6, 6.07) is 14.2. The molecule has 1 aromatic heterocycles. The lowest BCUT2D eigenvalue weighted by Crippen LogP contribution is -2.19. The van der Waals surface area contributed by atoms with Gasteiger partial charge in [0, 0.05) is 34.9 Å². The zero-order valence-corrected chi connectivity index (χ0v) is 20.9. The van der Waals surface area contributed by atoms with E-state index in [9.17, 15) is 9.59 Å². The van der Waals surface area contributed by atoms with E-state index in [0.29, 0.717) is 32.6 Å². The molecule has 0 amide bonds. The first-order chi connectivity index (χ1) is 17.4. The Morgan fingerprint density at radius 3 is 2.56 bits per heavy atom. The summed E-state index contributed by atoms with van der Waals surface area (Å²) in [7, 11) is 0. The maximum atomic E-state index is 13.0. The van der Waals surface area contributed by atoms with Crippen LogP contribution in [0.4, 0.5) is 0 Å². The second-order valence-corrected chi connectivity index (χ2v) is 9.79. The van der Waals surface area contributed by atoms with Gasteiger partial charge in [0.05, 0.1) is 21.3 Å². The molecule has 3 aromatic rings. The first kappa shape index (κ1) is 24.3. The Hall–Kier alpha value is -3.35. The fourth-order valence-corrected chi connectivity index (χ4v) is 4.91. The van der Waals surface area contributed by atoms with Gasteiger partial charge in [-0.1, -0.05) is 29.3 Å². The summed E-state index contributed by atoms with van der Waals surface area (Å²) in [6.45, 7) is -0.0402. The number of aldehydes is 1. The molecule has 1 atom stereocenters. The lowest BCUT2D eigenvalue weighted by atomic mass is 9.97. The number of nitrogens with zero attached hydrogens (tertiary/aromatic N) is 1. The zero-order chi connectivity index (χ0) is 25.2. The van der Waals surface area contributed by atoms with Crippen molar-refractivity contribution in [1.29, 1.82) is 0 Å². The van der Waals surface area contributed by atoms with Crippen LogP contribution in [0.5, 0.6) is 11.6 Å². The standard InChI is InChI=1S/C28H24Cl2N2O4/c29-21-2-1-3-22(30)26(21)27(31)20(28(34)17-5-6-17)15-35-25-11-8-19(13-32-25)24-10-7-18-12-16(14-33)4-9-23(18)36-24/h1-4,8-9,11-14,17,24H,5-7,10,15,31H2. The van der Waals surface area contributed by atoms with Crippen LogP contribution in [-0.2, 0) is 11.2 Å². The lowest BCUT2D eigenvalue weighted by molar-refractivity contribution is -0.116. The quantitative estimate of drug-likeness (QED) is 0.288. The number of Topliss-reactive ketones (excluding diaryl/α,β-unsaturated/α-hetero) is 1. The fourth-order valence-electron chi connectivity index (χ4n) is 4.31. The predicted octanol–water partition coefficient (Wildman–Crippen LogP) is 6.00. The van der Waals surface area contributed by atoms with Gasteiger partial charge in [-0.3, -0.25) is 9.59 Å². The molecular formula is C28H24Cl2N2O4. The molecule has 1 unspecified atom stereocenters. The number of hydrogen-bond acceptors (Lipinski definition) is 6. The number of halogens is 2. The highest BCUT2D eigenvalue weighted by Crippen LogP contribution is 2.37. The van der Waals surface area contributed by atoms with Crippen molar-refractivity contribution in [2.24, 2.45) is 11.7 Å². The Balaban J connectivity index is 1.31. The average molecular weight is 523 g/mol. The van der Waals surface area contributed by atoms with Crippen LogP contribution in [0.1, 0.15) is 52.4 Å². The van der Waals surface area contributed by atoms with Gasteiger partial charge >= 0.3 is 0 Å². The van der Waals surface area contributed by atoms with E-state index >= 15 is 0 Å². The molecule has 1 fully saturated rings. The molecule has 1 aliphatic heterocycles. The Morgan fingerprint density at radius 1 is 1.11 bits per heavy atom. The lowest BCUT2D eigenvalue weighted by Gasteiger charge is -2.26. The van der Waals surface area contributed by atoms with Gasteiger partial charge in [0.1, 0.15) is 24.7 Å². The van der Waals surface area contributed by atoms with E-state index in [4.69, 9.17) is 38.4 Å². The van der Waals surface area contributed by atoms with Crippen LogP contribution in [0.3, 0.4) is 0 Å². The van der Waals surface area contributed by atoms with Crippen molar-refractivity contribution < 1.29 is 19.1 Å². The summed E-state index contributed by atoms with van der Waals surface area (Å²) >= 11 is 12.7. The van der Waals surface area contributed by atoms with Gasteiger partial charge in [-0.15, -0.1) is 0 Å². The molecule has 184 valence electrons. The summed E-state index contributed by atoms with van der Waals surface area (Å²) in [6.07, 6.45) is 5.65. The number of aryl methyl sites for hydroxylation is 1. The smallest absolute Gasteiger partial charge is 0.213 e. The van der Waals surface area contributed by atoms with Gasteiger partial charge in [-0.25, -0.2) is 4.98 Å². The molecule has 8 heteroatoms. The molecule has 0 saturated heterocycles.